The molecule has 0 aromatic heterocycles. The molecule has 0 heterocycles. The maximum absolute atomic E-state index is 10.9. The number of hydrogen-bond donors (Lipinski definition) is 2. The fourth-order valence-electron chi connectivity index (χ4n) is 3.86. The minimum Gasteiger partial charge on any atom is -0.388 e. The highest BCUT2D eigenvalue weighted by atomic mass is 16.3. The van der Waals surface area contributed by atoms with Gasteiger partial charge in [-0.2, -0.15) is 0 Å². The Morgan fingerprint density at radius 1 is 0.864 bits per heavy atom. The summed E-state index contributed by atoms with van der Waals surface area (Å²) >= 11 is 0. The summed E-state index contributed by atoms with van der Waals surface area (Å²) in [4.78, 5) is 0. The van der Waals surface area contributed by atoms with E-state index < -0.39 is 6.10 Å². The summed E-state index contributed by atoms with van der Waals surface area (Å²) in [6.45, 7) is 0. The Kier molecular flexibility index (Phi) is 3.21. The Hall–Kier alpha value is -2.16. The second-order valence-corrected chi connectivity index (χ2v) is 5.94. The molecule has 2 heteroatoms. The van der Waals surface area contributed by atoms with Gasteiger partial charge >= 0.3 is 0 Å². The number of hydrogen-bond acceptors (Lipinski definition) is 2. The number of nitrogens with one attached hydrogen (secondary N) is 1. The molecule has 1 aliphatic carbocycles. The molecule has 0 radical (unpaired) electrons. The highest BCUT2D eigenvalue weighted by Crippen LogP contribution is 2.50. The summed E-state index contributed by atoms with van der Waals surface area (Å²) in [6.07, 6.45) is -0.473. The topological polar surface area (TPSA) is 32.3 Å². The molecule has 0 fully saturated rings. The van der Waals surface area contributed by atoms with Crippen molar-refractivity contribution in [2.24, 2.45) is 0 Å². The van der Waals surface area contributed by atoms with Gasteiger partial charge in [-0.3, -0.25) is 0 Å². The maximum Gasteiger partial charge on any atom is 0.0883 e. The Morgan fingerprint density at radius 3 is 2.23 bits per heavy atom. The minimum absolute atomic E-state index is 0.0356. The van der Waals surface area contributed by atoms with Crippen LogP contribution in [-0.2, 0) is 0 Å². The van der Waals surface area contributed by atoms with Crippen molar-refractivity contribution in [1.82, 2.24) is 5.32 Å². The summed E-state index contributed by atoms with van der Waals surface area (Å²) in [6, 6.07) is 23.0. The first-order valence-corrected chi connectivity index (χ1v) is 7.73. The Balaban J connectivity index is 1.89. The van der Waals surface area contributed by atoms with E-state index in [2.05, 4.69) is 53.8 Å². The van der Waals surface area contributed by atoms with Crippen molar-refractivity contribution in [2.45, 2.75) is 18.1 Å². The lowest BCUT2D eigenvalue weighted by Gasteiger charge is -2.27. The van der Waals surface area contributed by atoms with Crippen LogP contribution in [0, 0.1) is 0 Å². The quantitative estimate of drug-likeness (QED) is 0.765. The van der Waals surface area contributed by atoms with Crippen LogP contribution < -0.4 is 5.32 Å². The maximum atomic E-state index is 10.9. The summed E-state index contributed by atoms with van der Waals surface area (Å²) in [5, 5.41) is 16.8. The fraction of sp³-hybridized carbons (Fsp3) is 0.200. The van der Waals surface area contributed by atoms with Gasteiger partial charge in [-0.1, -0.05) is 66.7 Å². The van der Waals surface area contributed by atoms with Gasteiger partial charge in [0.15, 0.2) is 0 Å². The van der Waals surface area contributed by atoms with E-state index in [0.717, 1.165) is 5.56 Å². The van der Waals surface area contributed by atoms with Crippen molar-refractivity contribution in [3.63, 3.8) is 0 Å². The predicted octanol–water partition coefficient (Wildman–Crippen LogP) is 3.93. The van der Waals surface area contributed by atoms with E-state index >= 15 is 0 Å². The molecule has 0 amide bonds. The van der Waals surface area contributed by atoms with Crippen LogP contribution in [0.5, 0.6) is 0 Å². The zero-order valence-corrected chi connectivity index (χ0v) is 12.5. The van der Waals surface area contributed by atoms with Crippen LogP contribution in [0.15, 0.2) is 66.7 Å². The van der Waals surface area contributed by atoms with Crippen molar-refractivity contribution >= 4 is 10.8 Å². The molecular weight excluding hydrogens is 270 g/mol. The van der Waals surface area contributed by atoms with Gasteiger partial charge in [0.25, 0.3) is 0 Å². The third-order valence-corrected chi connectivity index (χ3v) is 4.82. The van der Waals surface area contributed by atoms with E-state index in [-0.39, 0.29) is 12.0 Å². The van der Waals surface area contributed by atoms with Crippen LogP contribution in [0.1, 0.15) is 34.8 Å². The Morgan fingerprint density at radius 2 is 1.55 bits per heavy atom. The van der Waals surface area contributed by atoms with Crippen LogP contribution in [0.3, 0.4) is 0 Å². The molecule has 3 unspecified atom stereocenters. The van der Waals surface area contributed by atoms with Crippen molar-refractivity contribution in [1.29, 1.82) is 0 Å². The summed E-state index contributed by atoms with van der Waals surface area (Å²) in [5.41, 5.74) is 3.50. The first kappa shape index (κ1) is 13.5. The van der Waals surface area contributed by atoms with E-state index in [0.29, 0.717) is 0 Å². The van der Waals surface area contributed by atoms with Gasteiger partial charge in [0, 0.05) is 12.0 Å². The third-order valence-electron chi connectivity index (χ3n) is 4.82. The molecule has 0 saturated carbocycles. The molecule has 22 heavy (non-hydrogen) atoms. The van der Waals surface area contributed by atoms with E-state index in [1.54, 1.807) is 0 Å². The number of benzene rings is 3. The SMILES string of the molecule is CNC(c1ccccc1)C1c2cccc3cccc(c23)C1O. The van der Waals surface area contributed by atoms with E-state index in [1.165, 1.54) is 21.9 Å². The minimum atomic E-state index is -0.473. The molecule has 110 valence electrons. The standard InChI is InChI=1S/C20H19NO/c1-21-19(14-7-3-2-4-8-14)18-15-11-5-9-13-10-6-12-16(17(13)15)20(18)22/h2-12,18-22H,1H3. The lowest BCUT2D eigenvalue weighted by Crippen LogP contribution is -2.26. The first-order valence-electron chi connectivity index (χ1n) is 7.73. The summed E-state index contributed by atoms with van der Waals surface area (Å²) in [5.74, 6) is 0.0356. The average Bonchev–Trinajstić information content (AvgIpc) is 2.85. The zero-order valence-electron chi connectivity index (χ0n) is 12.5. The summed E-state index contributed by atoms with van der Waals surface area (Å²) < 4.78 is 0. The molecule has 1 aliphatic rings. The number of aliphatic hydroxyl groups excluding tert-OH is 1. The lowest BCUT2D eigenvalue weighted by molar-refractivity contribution is 0.134. The van der Waals surface area contributed by atoms with Crippen LogP contribution in [-0.4, -0.2) is 12.2 Å². The van der Waals surface area contributed by atoms with Crippen LogP contribution in [0.4, 0.5) is 0 Å². The molecule has 2 nitrogen and oxygen atoms in total. The smallest absolute Gasteiger partial charge is 0.0883 e. The van der Waals surface area contributed by atoms with Crippen molar-refractivity contribution in [3.05, 3.63) is 83.4 Å². The van der Waals surface area contributed by atoms with Gasteiger partial charge in [0.2, 0.25) is 0 Å². The van der Waals surface area contributed by atoms with Crippen molar-refractivity contribution in [3.8, 4) is 0 Å². The molecule has 0 saturated heterocycles. The Labute approximate surface area is 130 Å². The highest BCUT2D eigenvalue weighted by molar-refractivity contribution is 5.92. The third kappa shape index (κ3) is 1.88. The van der Waals surface area contributed by atoms with Gasteiger partial charge in [-0.05, 0) is 34.5 Å². The van der Waals surface area contributed by atoms with Crippen molar-refractivity contribution < 1.29 is 5.11 Å². The highest BCUT2D eigenvalue weighted by Gasteiger charge is 2.38. The van der Waals surface area contributed by atoms with Crippen LogP contribution in [0.25, 0.3) is 10.8 Å². The van der Waals surface area contributed by atoms with Gasteiger partial charge in [-0.15, -0.1) is 0 Å². The summed E-state index contributed by atoms with van der Waals surface area (Å²) in [7, 11) is 1.97. The predicted molar refractivity (Wildman–Crippen MR) is 89.9 cm³/mol. The number of aliphatic hydroxyl groups is 1. The molecule has 2 N–H and O–H groups in total. The fourth-order valence-corrected chi connectivity index (χ4v) is 3.86. The number of likely N-dealkylation sites (N-methyl/N-ethyl adjacent to an activating group) is 1. The molecule has 0 bridgehead atoms. The normalized spacial score (nSPS) is 21.2. The molecule has 0 spiro atoms. The zero-order chi connectivity index (χ0) is 15.1. The second kappa shape index (κ2) is 5.24. The molecule has 3 aromatic carbocycles. The van der Waals surface area contributed by atoms with E-state index in [4.69, 9.17) is 0 Å². The van der Waals surface area contributed by atoms with Gasteiger partial charge in [-0.25, -0.2) is 0 Å². The van der Waals surface area contributed by atoms with E-state index in [9.17, 15) is 5.11 Å². The molecule has 3 aromatic rings. The Bertz CT molecular complexity index is 807. The molecule has 0 aliphatic heterocycles. The monoisotopic (exact) mass is 289 g/mol. The molecule has 4 rings (SSSR count). The van der Waals surface area contributed by atoms with E-state index in [1.807, 2.05) is 25.2 Å². The molecular formula is C20H19NO. The number of rotatable bonds is 3. The first-order chi connectivity index (χ1) is 10.8. The van der Waals surface area contributed by atoms with Gasteiger partial charge in [0.1, 0.15) is 0 Å². The van der Waals surface area contributed by atoms with Gasteiger partial charge in [0.05, 0.1) is 6.10 Å². The van der Waals surface area contributed by atoms with Gasteiger partial charge < -0.3 is 10.4 Å². The van der Waals surface area contributed by atoms with Crippen LogP contribution >= 0.6 is 0 Å². The second-order valence-electron chi connectivity index (χ2n) is 5.94. The van der Waals surface area contributed by atoms with Crippen molar-refractivity contribution in [2.75, 3.05) is 7.05 Å². The van der Waals surface area contributed by atoms with Crippen LogP contribution in [0.2, 0.25) is 0 Å². The molecule has 3 atom stereocenters. The average molecular weight is 289 g/mol. The lowest BCUT2D eigenvalue weighted by atomic mass is 9.86. The largest absolute Gasteiger partial charge is 0.388 e.